The molecule has 162 valence electrons. The fourth-order valence-corrected chi connectivity index (χ4v) is 3.78. The summed E-state index contributed by atoms with van der Waals surface area (Å²) in [4.78, 5) is 23.4. The largest absolute Gasteiger partial charge is 0.463 e. The topological polar surface area (TPSA) is 98.8 Å². The van der Waals surface area contributed by atoms with E-state index in [9.17, 15) is 18.0 Å². The maximum atomic E-state index is 12.3. The molecule has 1 unspecified atom stereocenters. The van der Waals surface area contributed by atoms with Crippen LogP contribution < -0.4 is 9.50 Å². The van der Waals surface area contributed by atoms with Crippen LogP contribution in [0.5, 0.6) is 5.75 Å². The molecule has 30 heavy (non-hydrogen) atoms. The number of carbonyl (C=O) groups is 2. The molecule has 0 spiro atoms. The zero-order valence-corrected chi connectivity index (χ0v) is 18.1. The third-order valence-electron chi connectivity index (χ3n) is 4.15. The molecule has 0 aliphatic rings. The first-order valence-corrected chi connectivity index (χ1v) is 11.1. The predicted octanol–water partition coefficient (Wildman–Crippen LogP) is 3.09. The smallest absolute Gasteiger partial charge is 0.339 e. The Morgan fingerprint density at radius 1 is 1.00 bits per heavy atom. The molecule has 0 saturated carbocycles. The first-order chi connectivity index (χ1) is 14.2. The number of hydrogen-bond donors (Lipinski definition) is 1. The molecule has 0 saturated heterocycles. The van der Waals surface area contributed by atoms with Crippen molar-refractivity contribution in [1.82, 2.24) is 5.32 Å². The Morgan fingerprint density at radius 2 is 1.63 bits per heavy atom. The fourth-order valence-electron chi connectivity index (χ4n) is 2.83. The van der Waals surface area contributed by atoms with Crippen LogP contribution in [0.3, 0.4) is 0 Å². The SMILES string of the molecule is CC(=O)NCC(CC(=O)OC(C)C)Cc1ccc(OS(=O)(=O)c2ccccc2)cc1. The first kappa shape index (κ1) is 23.4. The summed E-state index contributed by atoms with van der Waals surface area (Å²) in [6.45, 7) is 5.32. The van der Waals surface area contributed by atoms with Crippen LogP contribution in [0.25, 0.3) is 0 Å². The summed E-state index contributed by atoms with van der Waals surface area (Å²) < 4.78 is 35.0. The van der Waals surface area contributed by atoms with Crippen molar-refractivity contribution in [2.75, 3.05) is 6.54 Å². The highest BCUT2D eigenvalue weighted by atomic mass is 32.2. The van der Waals surface area contributed by atoms with Gasteiger partial charge in [-0.3, -0.25) is 9.59 Å². The lowest BCUT2D eigenvalue weighted by molar-refractivity contribution is -0.148. The molecule has 8 heteroatoms. The number of amides is 1. The first-order valence-electron chi connectivity index (χ1n) is 9.68. The van der Waals surface area contributed by atoms with Gasteiger partial charge < -0.3 is 14.2 Å². The Balaban J connectivity index is 2.04. The molecule has 2 aromatic carbocycles. The Labute approximate surface area is 177 Å². The summed E-state index contributed by atoms with van der Waals surface area (Å²) in [5.41, 5.74) is 0.882. The van der Waals surface area contributed by atoms with Gasteiger partial charge in [-0.2, -0.15) is 8.42 Å². The molecule has 2 aromatic rings. The minimum atomic E-state index is -3.90. The summed E-state index contributed by atoms with van der Waals surface area (Å²) >= 11 is 0. The van der Waals surface area contributed by atoms with Crippen LogP contribution in [0.15, 0.2) is 59.5 Å². The van der Waals surface area contributed by atoms with Crippen molar-refractivity contribution in [3.05, 3.63) is 60.2 Å². The third-order valence-corrected chi connectivity index (χ3v) is 5.41. The second-order valence-electron chi connectivity index (χ2n) is 7.24. The zero-order valence-electron chi connectivity index (χ0n) is 17.3. The molecule has 0 radical (unpaired) electrons. The van der Waals surface area contributed by atoms with E-state index < -0.39 is 10.1 Å². The van der Waals surface area contributed by atoms with Gasteiger partial charge in [-0.05, 0) is 56.0 Å². The number of ether oxygens (including phenoxy) is 1. The number of carbonyl (C=O) groups excluding carboxylic acids is 2. The van der Waals surface area contributed by atoms with E-state index >= 15 is 0 Å². The quantitative estimate of drug-likeness (QED) is 0.457. The lowest BCUT2D eigenvalue weighted by atomic mass is 9.96. The molecule has 7 nitrogen and oxygen atoms in total. The molecule has 1 N–H and O–H groups in total. The van der Waals surface area contributed by atoms with Crippen molar-refractivity contribution in [3.63, 3.8) is 0 Å². The van der Waals surface area contributed by atoms with E-state index in [0.29, 0.717) is 13.0 Å². The normalized spacial score (nSPS) is 12.3. The van der Waals surface area contributed by atoms with Gasteiger partial charge in [0.25, 0.3) is 0 Å². The van der Waals surface area contributed by atoms with Gasteiger partial charge >= 0.3 is 16.1 Å². The molecule has 0 aliphatic carbocycles. The summed E-state index contributed by atoms with van der Waals surface area (Å²) in [5.74, 6) is -0.457. The van der Waals surface area contributed by atoms with Crippen molar-refractivity contribution in [3.8, 4) is 5.75 Å². The summed E-state index contributed by atoms with van der Waals surface area (Å²) in [6, 6.07) is 14.5. The lowest BCUT2D eigenvalue weighted by Crippen LogP contribution is -2.30. The minimum Gasteiger partial charge on any atom is -0.463 e. The van der Waals surface area contributed by atoms with E-state index in [-0.39, 0.29) is 41.0 Å². The van der Waals surface area contributed by atoms with Gasteiger partial charge in [-0.1, -0.05) is 30.3 Å². The summed E-state index contributed by atoms with van der Waals surface area (Å²) in [6.07, 6.45) is 0.472. The van der Waals surface area contributed by atoms with Crippen molar-refractivity contribution >= 4 is 22.0 Å². The molecule has 2 rings (SSSR count). The van der Waals surface area contributed by atoms with E-state index in [0.717, 1.165) is 5.56 Å². The van der Waals surface area contributed by atoms with Gasteiger partial charge in [-0.15, -0.1) is 0 Å². The Bertz CT molecular complexity index is 939. The Hall–Kier alpha value is -2.87. The van der Waals surface area contributed by atoms with E-state index in [2.05, 4.69) is 5.32 Å². The Kier molecular flexibility index (Phi) is 8.41. The molecule has 0 aromatic heterocycles. The average Bonchev–Trinajstić information content (AvgIpc) is 2.67. The van der Waals surface area contributed by atoms with E-state index in [1.807, 2.05) is 0 Å². The van der Waals surface area contributed by atoms with Crippen LogP contribution in [0, 0.1) is 5.92 Å². The van der Waals surface area contributed by atoms with Crippen LogP contribution in [0.4, 0.5) is 0 Å². The maximum absolute atomic E-state index is 12.3. The monoisotopic (exact) mass is 433 g/mol. The van der Waals surface area contributed by atoms with E-state index in [1.165, 1.54) is 19.1 Å². The summed E-state index contributed by atoms with van der Waals surface area (Å²) in [5, 5.41) is 2.73. The van der Waals surface area contributed by atoms with Crippen molar-refractivity contribution < 1.29 is 26.9 Å². The fraction of sp³-hybridized carbons (Fsp3) is 0.364. The van der Waals surface area contributed by atoms with Crippen molar-refractivity contribution in [2.24, 2.45) is 5.92 Å². The number of benzene rings is 2. The van der Waals surface area contributed by atoms with Crippen LogP contribution in [0.1, 0.15) is 32.8 Å². The maximum Gasteiger partial charge on any atom is 0.339 e. The molecule has 0 heterocycles. The van der Waals surface area contributed by atoms with Crippen LogP contribution >= 0.6 is 0 Å². The van der Waals surface area contributed by atoms with Gasteiger partial charge in [0.05, 0.1) is 12.5 Å². The number of hydrogen-bond acceptors (Lipinski definition) is 6. The van der Waals surface area contributed by atoms with E-state index in [1.54, 1.807) is 56.3 Å². The molecule has 0 aliphatic heterocycles. The molecular weight excluding hydrogens is 406 g/mol. The predicted molar refractivity (Wildman–Crippen MR) is 112 cm³/mol. The van der Waals surface area contributed by atoms with E-state index in [4.69, 9.17) is 8.92 Å². The van der Waals surface area contributed by atoms with Crippen LogP contribution in [-0.2, 0) is 30.9 Å². The second-order valence-corrected chi connectivity index (χ2v) is 8.79. The number of esters is 1. The molecule has 1 atom stereocenters. The zero-order chi connectivity index (χ0) is 22.1. The van der Waals surface area contributed by atoms with Crippen LogP contribution in [-0.4, -0.2) is 32.9 Å². The van der Waals surface area contributed by atoms with Crippen molar-refractivity contribution in [2.45, 2.75) is 44.6 Å². The Morgan fingerprint density at radius 3 is 2.20 bits per heavy atom. The standard InChI is InChI=1S/C22H27NO6S/c1-16(2)28-22(25)14-19(15-23-17(3)24)13-18-9-11-20(12-10-18)29-30(26,27)21-7-5-4-6-8-21/h4-12,16,19H,13-15H2,1-3H3,(H,23,24). The lowest BCUT2D eigenvalue weighted by Gasteiger charge is -2.18. The average molecular weight is 434 g/mol. The highest BCUT2D eigenvalue weighted by molar-refractivity contribution is 7.87. The van der Waals surface area contributed by atoms with Gasteiger partial charge in [0.1, 0.15) is 10.6 Å². The number of rotatable bonds is 10. The molecule has 0 bridgehead atoms. The van der Waals surface area contributed by atoms with Gasteiger partial charge in [0, 0.05) is 13.5 Å². The summed E-state index contributed by atoms with van der Waals surface area (Å²) in [7, 11) is -3.90. The second kappa shape index (κ2) is 10.8. The highest BCUT2D eigenvalue weighted by Crippen LogP contribution is 2.21. The van der Waals surface area contributed by atoms with Gasteiger partial charge in [0.2, 0.25) is 5.91 Å². The minimum absolute atomic E-state index is 0.0770. The molecule has 0 fully saturated rings. The third kappa shape index (κ3) is 7.87. The number of nitrogens with one attached hydrogen (secondary N) is 1. The van der Waals surface area contributed by atoms with Crippen molar-refractivity contribution in [1.29, 1.82) is 0 Å². The van der Waals surface area contributed by atoms with Gasteiger partial charge in [-0.25, -0.2) is 0 Å². The molecule has 1 amide bonds. The highest BCUT2D eigenvalue weighted by Gasteiger charge is 2.19. The van der Waals surface area contributed by atoms with Crippen LogP contribution in [0.2, 0.25) is 0 Å². The van der Waals surface area contributed by atoms with Gasteiger partial charge in [0.15, 0.2) is 0 Å². The molecular formula is C22H27NO6S.